The van der Waals surface area contributed by atoms with Gasteiger partial charge in [0, 0.05) is 13.2 Å². The Morgan fingerprint density at radius 2 is 2.19 bits per heavy atom. The fraction of sp³-hybridized carbons (Fsp3) is 0.722. The largest absolute Gasteiger partial charge is 0.463 e. The number of hydrogen-bond acceptors (Lipinski definition) is 6. The standard InChI is InChI=1S/C18H29N5O3/c1-2-3-11-26-17-21-15(19)14-16(22-17)23(18(24)20-14)10-6-4-8-13-9-5-7-12-25-13/h13H,2-12H2,1H3,(H,20,24)(H2,19,21,22). The molecule has 0 radical (unpaired) electrons. The van der Waals surface area contributed by atoms with Crippen molar-refractivity contribution in [2.24, 2.45) is 0 Å². The zero-order chi connectivity index (χ0) is 18.4. The molecule has 0 amide bonds. The van der Waals surface area contributed by atoms with Crippen LogP contribution < -0.4 is 16.2 Å². The van der Waals surface area contributed by atoms with Crippen LogP contribution in [-0.2, 0) is 11.3 Å². The van der Waals surface area contributed by atoms with Gasteiger partial charge in [0.25, 0.3) is 0 Å². The Balaban J connectivity index is 1.64. The third-order valence-electron chi connectivity index (χ3n) is 4.79. The zero-order valence-corrected chi connectivity index (χ0v) is 15.5. The lowest BCUT2D eigenvalue weighted by Gasteiger charge is -2.22. The number of ether oxygens (including phenoxy) is 2. The lowest BCUT2D eigenvalue weighted by Crippen LogP contribution is -2.20. The van der Waals surface area contributed by atoms with Gasteiger partial charge in [0.15, 0.2) is 11.5 Å². The highest BCUT2D eigenvalue weighted by atomic mass is 16.5. The summed E-state index contributed by atoms with van der Waals surface area (Å²) in [4.78, 5) is 23.6. The molecule has 0 spiro atoms. The van der Waals surface area contributed by atoms with E-state index >= 15 is 0 Å². The number of H-pyrrole nitrogens is 1. The summed E-state index contributed by atoms with van der Waals surface area (Å²) in [6.07, 6.45) is 8.85. The highest BCUT2D eigenvalue weighted by Gasteiger charge is 2.16. The maximum Gasteiger partial charge on any atom is 0.327 e. The molecule has 2 aromatic rings. The molecule has 1 aliphatic heterocycles. The van der Waals surface area contributed by atoms with Crippen molar-refractivity contribution in [2.75, 3.05) is 18.9 Å². The van der Waals surface area contributed by atoms with Crippen LogP contribution in [0.2, 0.25) is 0 Å². The highest BCUT2D eigenvalue weighted by Crippen LogP contribution is 2.20. The number of nitrogen functional groups attached to an aromatic ring is 1. The highest BCUT2D eigenvalue weighted by molar-refractivity contribution is 5.81. The Morgan fingerprint density at radius 1 is 1.31 bits per heavy atom. The van der Waals surface area contributed by atoms with Gasteiger partial charge in [-0.25, -0.2) is 4.79 Å². The van der Waals surface area contributed by atoms with Crippen molar-refractivity contribution in [3.63, 3.8) is 0 Å². The maximum absolute atomic E-state index is 12.3. The van der Waals surface area contributed by atoms with Crippen LogP contribution in [0.15, 0.2) is 4.79 Å². The predicted octanol–water partition coefficient (Wildman–Crippen LogP) is 2.62. The van der Waals surface area contributed by atoms with Gasteiger partial charge in [0.05, 0.1) is 12.7 Å². The lowest BCUT2D eigenvalue weighted by molar-refractivity contribution is 0.00971. The molecule has 8 heteroatoms. The van der Waals surface area contributed by atoms with E-state index in [4.69, 9.17) is 15.2 Å². The third-order valence-corrected chi connectivity index (χ3v) is 4.79. The van der Waals surface area contributed by atoms with E-state index in [2.05, 4.69) is 21.9 Å². The van der Waals surface area contributed by atoms with Gasteiger partial charge < -0.3 is 20.2 Å². The Kier molecular flexibility index (Phi) is 6.49. The number of fused-ring (bicyclic) bond motifs is 1. The molecule has 3 N–H and O–H groups in total. The molecule has 1 unspecified atom stereocenters. The van der Waals surface area contributed by atoms with Gasteiger partial charge in [0.1, 0.15) is 5.52 Å². The van der Waals surface area contributed by atoms with Crippen molar-refractivity contribution in [1.29, 1.82) is 0 Å². The molecule has 2 aromatic heterocycles. The number of nitrogens with zero attached hydrogens (tertiary/aromatic N) is 3. The van der Waals surface area contributed by atoms with E-state index in [9.17, 15) is 4.79 Å². The fourth-order valence-corrected chi connectivity index (χ4v) is 3.29. The van der Waals surface area contributed by atoms with E-state index in [1.165, 1.54) is 12.8 Å². The molecule has 1 aliphatic rings. The van der Waals surface area contributed by atoms with E-state index < -0.39 is 0 Å². The second-order valence-electron chi connectivity index (χ2n) is 6.86. The summed E-state index contributed by atoms with van der Waals surface area (Å²) in [5.41, 5.74) is 6.75. The summed E-state index contributed by atoms with van der Waals surface area (Å²) in [5, 5.41) is 0. The Morgan fingerprint density at radius 3 is 2.96 bits per heavy atom. The first-order valence-electron chi connectivity index (χ1n) is 9.69. The minimum Gasteiger partial charge on any atom is -0.463 e. The summed E-state index contributed by atoms with van der Waals surface area (Å²) in [7, 11) is 0. The molecule has 0 aliphatic carbocycles. The number of imidazole rings is 1. The van der Waals surface area contributed by atoms with E-state index in [-0.39, 0.29) is 17.5 Å². The Bertz CT molecular complexity index is 764. The molecule has 26 heavy (non-hydrogen) atoms. The summed E-state index contributed by atoms with van der Waals surface area (Å²) < 4.78 is 12.9. The minimum absolute atomic E-state index is 0.208. The van der Waals surface area contributed by atoms with Gasteiger partial charge in [-0.15, -0.1) is 0 Å². The van der Waals surface area contributed by atoms with Crippen molar-refractivity contribution in [1.82, 2.24) is 19.5 Å². The van der Waals surface area contributed by atoms with Crippen LogP contribution in [0.5, 0.6) is 6.01 Å². The second-order valence-corrected chi connectivity index (χ2v) is 6.86. The average molecular weight is 363 g/mol. The lowest BCUT2D eigenvalue weighted by atomic mass is 10.0. The number of aromatic amines is 1. The topological polar surface area (TPSA) is 108 Å². The Labute approximate surface area is 153 Å². The molecule has 1 saturated heterocycles. The van der Waals surface area contributed by atoms with Crippen molar-refractivity contribution < 1.29 is 9.47 Å². The molecule has 144 valence electrons. The van der Waals surface area contributed by atoms with Crippen molar-refractivity contribution in [3.8, 4) is 6.01 Å². The van der Waals surface area contributed by atoms with Gasteiger partial charge in [-0.2, -0.15) is 9.97 Å². The van der Waals surface area contributed by atoms with Gasteiger partial charge in [0.2, 0.25) is 0 Å². The molecule has 8 nitrogen and oxygen atoms in total. The summed E-state index contributed by atoms with van der Waals surface area (Å²) in [5.74, 6) is 0.243. The molecule has 1 atom stereocenters. The molecular formula is C18H29N5O3. The van der Waals surface area contributed by atoms with Gasteiger partial charge in [-0.3, -0.25) is 4.57 Å². The van der Waals surface area contributed by atoms with Crippen LogP contribution in [0.25, 0.3) is 11.2 Å². The number of aryl methyl sites for hydroxylation is 1. The second kappa shape index (κ2) is 9.02. The van der Waals surface area contributed by atoms with Gasteiger partial charge in [-0.1, -0.05) is 13.3 Å². The smallest absolute Gasteiger partial charge is 0.327 e. The molecule has 1 fully saturated rings. The van der Waals surface area contributed by atoms with Crippen LogP contribution in [0.3, 0.4) is 0 Å². The predicted molar refractivity (Wildman–Crippen MR) is 100 cm³/mol. The van der Waals surface area contributed by atoms with E-state index in [1.807, 2.05) is 0 Å². The van der Waals surface area contributed by atoms with Crippen molar-refractivity contribution >= 4 is 17.0 Å². The number of aromatic nitrogens is 4. The van der Waals surface area contributed by atoms with E-state index in [1.54, 1.807) is 4.57 Å². The third kappa shape index (κ3) is 4.55. The minimum atomic E-state index is -0.208. The van der Waals surface area contributed by atoms with Gasteiger partial charge >= 0.3 is 11.7 Å². The SMILES string of the molecule is CCCCOc1nc(N)c2[nH]c(=O)n(CCCCC3CCCCO3)c2n1. The number of anilines is 1. The number of rotatable bonds is 9. The van der Waals surface area contributed by atoms with Crippen LogP contribution >= 0.6 is 0 Å². The number of nitrogens with two attached hydrogens (primary N) is 1. The molecule has 3 rings (SSSR count). The Hall–Kier alpha value is -2.09. The van der Waals surface area contributed by atoms with Crippen LogP contribution in [0.4, 0.5) is 5.82 Å². The fourth-order valence-electron chi connectivity index (χ4n) is 3.29. The normalized spacial score (nSPS) is 17.7. The first kappa shape index (κ1) is 18.7. The van der Waals surface area contributed by atoms with E-state index in [0.29, 0.717) is 30.4 Å². The molecular weight excluding hydrogens is 334 g/mol. The quantitative estimate of drug-likeness (QED) is 0.663. The van der Waals surface area contributed by atoms with Crippen LogP contribution in [0.1, 0.15) is 58.3 Å². The zero-order valence-electron chi connectivity index (χ0n) is 15.5. The molecule has 3 heterocycles. The maximum atomic E-state index is 12.3. The molecule has 0 saturated carbocycles. The van der Waals surface area contributed by atoms with Gasteiger partial charge in [-0.05, 0) is 44.9 Å². The first-order chi connectivity index (χ1) is 12.7. The summed E-state index contributed by atoms with van der Waals surface area (Å²) >= 11 is 0. The molecule has 0 bridgehead atoms. The monoisotopic (exact) mass is 363 g/mol. The van der Waals surface area contributed by atoms with Crippen LogP contribution in [-0.4, -0.2) is 38.8 Å². The first-order valence-corrected chi connectivity index (χ1v) is 9.69. The number of nitrogens with one attached hydrogen (secondary N) is 1. The molecule has 0 aromatic carbocycles. The van der Waals surface area contributed by atoms with E-state index in [0.717, 1.165) is 45.1 Å². The summed E-state index contributed by atoms with van der Waals surface area (Å²) in [6, 6.07) is 0.229. The number of unbranched alkanes of at least 4 members (excludes halogenated alkanes) is 2. The average Bonchev–Trinajstić information content (AvgIpc) is 2.96. The van der Waals surface area contributed by atoms with Crippen LogP contribution in [0, 0.1) is 0 Å². The number of hydrogen-bond donors (Lipinski definition) is 2. The van der Waals surface area contributed by atoms with Crippen molar-refractivity contribution in [3.05, 3.63) is 10.5 Å². The summed E-state index contributed by atoms with van der Waals surface area (Å²) in [6.45, 7) is 4.10. The van der Waals surface area contributed by atoms with Crippen molar-refractivity contribution in [2.45, 2.75) is 70.9 Å².